The second-order valence-corrected chi connectivity index (χ2v) is 5.69. The van der Waals surface area contributed by atoms with Crippen LogP contribution in [0.3, 0.4) is 0 Å². The molecule has 0 aliphatic carbocycles. The lowest BCUT2D eigenvalue weighted by atomic mass is 10.2. The molecule has 1 aliphatic rings. The Hall–Kier alpha value is -2.30. The molecule has 0 unspecified atom stereocenters. The molecule has 2 heterocycles. The fourth-order valence-electron chi connectivity index (χ4n) is 2.94. The van der Waals surface area contributed by atoms with Crippen LogP contribution in [0.5, 0.6) is 0 Å². The molecule has 116 valence electrons. The summed E-state index contributed by atoms with van der Waals surface area (Å²) < 4.78 is 0. The smallest absolute Gasteiger partial charge is 0.270 e. The molecule has 1 N–H and O–H groups in total. The van der Waals surface area contributed by atoms with Crippen LogP contribution in [0.4, 0.5) is 0 Å². The molecule has 1 saturated heterocycles. The number of aromatic amines is 1. The monoisotopic (exact) mass is 299 g/mol. The normalized spacial score (nSPS) is 16.1. The predicted octanol–water partition coefficient (Wildman–Crippen LogP) is 2.25. The lowest BCUT2D eigenvalue weighted by molar-refractivity contribution is -0.130. The number of hydrogen-bond donors (Lipinski definition) is 1. The lowest BCUT2D eigenvalue weighted by Gasteiger charge is -2.21. The van der Waals surface area contributed by atoms with Crippen molar-refractivity contribution in [3.8, 4) is 0 Å². The first-order valence-corrected chi connectivity index (χ1v) is 7.84. The zero-order chi connectivity index (χ0) is 15.5. The third kappa shape index (κ3) is 2.84. The van der Waals surface area contributed by atoms with Gasteiger partial charge in [0.25, 0.3) is 5.91 Å². The van der Waals surface area contributed by atoms with Crippen LogP contribution in [-0.2, 0) is 4.79 Å². The number of fused-ring (bicyclic) bond motifs is 1. The number of carbonyl (C=O) groups is 2. The quantitative estimate of drug-likeness (QED) is 0.945. The molecule has 5 heteroatoms. The molecule has 1 aliphatic heterocycles. The van der Waals surface area contributed by atoms with Crippen LogP contribution in [0.25, 0.3) is 10.9 Å². The third-order valence-electron chi connectivity index (χ3n) is 4.13. The molecular formula is C17H21N3O2. The Kier molecular flexibility index (Phi) is 4.13. The van der Waals surface area contributed by atoms with Crippen LogP contribution < -0.4 is 0 Å². The summed E-state index contributed by atoms with van der Waals surface area (Å²) in [6.45, 7) is 4.55. The van der Waals surface area contributed by atoms with Crippen molar-refractivity contribution in [1.29, 1.82) is 0 Å². The number of aromatic nitrogens is 1. The second-order valence-electron chi connectivity index (χ2n) is 5.69. The highest BCUT2D eigenvalue weighted by Gasteiger charge is 2.24. The van der Waals surface area contributed by atoms with E-state index in [4.69, 9.17) is 0 Å². The zero-order valence-electron chi connectivity index (χ0n) is 12.8. The molecule has 1 fully saturated rings. The van der Waals surface area contributed by atoms with Crippen molar-refractivity contribution in [3.05, 3.63) is 36.0 Å². The summed E-state index contributed by atoms with van der Waals surface area (Å²) in [5.74, 6) is 0.121. The van der Waals surface area contributed by atoms with Gasteiger partial charge in [-0.15, -0.1) is 0 Å². The van der Waals surface area contributed by atoms with Crippen LogP contribution in [0, 0.1) is 0 Å². The van der Waals surface area contributed by atoms with E-state index < -0.39 is 0 Å². The Labute approximate surface area is 129 Å². The Morgan fingerprint density at radius 3 is 2.82 bits per heavy atom. The number of para-hydroxylation sites is 1. The van der Waals surface area contributed by atoms with Gasteiger partial charge in [0.15, 0.2) is 0 Å². The number of nitrogens with zero attached hydrogens (tertiary/aromatic N) is 2. The van der Waals surface area contributed by atoms with Crippen LogP contribution in [0.2, 0.25) is 0 Å². The highest BCUT2D eigenvalue weighted by atomic mass is 16.2. The van der Waals surface area contributed by atoms with E-state index in [0.717, 1.165) is 23.9 Å². The van der Waals surface area contributed by atoms with Gasteiger partial charge in [0, 0.05) is 43.5 Å². The molecule has 0 radical (unpaired) electrons. The number of benzene rings is 1. The van der Waals surface area contributed by atoms with Gasteiger partial charge in [0.05, 0.1) is 0 Å². The van der Waals surface area contributed by atoms with Crippen molar-refractivity contribution >= 4 is 22.7 Å². The second kappa shape index (κ2) is 6.22. The van der Waals surface area contributed by atoms with Gasteiger partial charge in [0.2, 0.25) is 5.91 Å². The van der Waals surface area contributed by atoms with Crippen LogP contribution in [0.15, 0.2) is 30.3 Å². The summed E-state index contributed by atoms with van der Waals surface area (Å²) in [5.41, 5.74) is 1.56. The molecule has 0 bridgehead atoms. The number of H-pyrrole nitrogens is 1. The van der Waals surface area contributed by atoms with Gasteiger partial charge in [0.1, 0.15) is 5.69 Å². The first-order valence-electron chi connectivity index (χ1n) is 7.84. The minimum absolute atomic E-state index is 0.0256. The van der Waals surface area contributed by atoms with Crippen LogP contribution in [0.1, 0.15) is 30.3 Å². The highest BCUT2D eigenvalue weighted by Crippen LogP contribution is 2.17. The highest BCUT2D eigenvalue weighted by molar-refractivity contribution is 5.98. The summed E-state index contributed by atoms with van der Waals surface area (Å²) >= 11 is 0. The molecule has 0 atom stereocenters. The average Bonchev–Trinajstić information content (AvgIpc) is 2.88. The van der Waals surface area contributed by atoms with Crippen LogP contribution >= 0.6 is 0 Å². The molecular weight excluding hydrogens is 278 g/mol. The molecule has 0 saturated carbocycles. The van der Waals surface area contributed by atoms with E-state index in [1.54, 1.807) is 4.90 Å². The van der Waals surface area contributed by atoms with Gasteiger partial charge in [-0.3, -0.25) is 9.59 Å². The molecule has 1 aromatic heterocycles. The average molecular weight is 299 g/mol. The molecule has 22 heavy (non-hydrogen) atoms. The molecule has 0 spiro atoms. The number of carbonyl (C=O) groups excluding carboxylic acids is 2. The Bertz CT molecular complexity index is 659. The SMILES string of the molecule is CCCN1CCN(C(=O)c2cc3ccccc3[nH]2)CCC1=O. The van der Waals surface area contributed by atoms with Gasteiger partial charge in [-0.2, -0.15) is 0 Å². The van der Waals surface area contributed by atoms with E-state index >= 15 is 0 Å². The Morgan fingerprint density at radius 2 is 2.05 bits per heavy atom. The standard InChI is InChI=1S/C17H21N3O2/c1-2-8-19-10-11-20(9-7-16(19)21)17(22)15-12-13-5-3-4-6-14(13)18-15/h3-6,12,18H,2,7-11H2,1H3. The number of nitrogens with one attached hydrogen (secondary N) is 1. The maximum absolute atomic E-state index is 12.7. The minimum atomic E-state index is -0.0256. The van der Waals surface area contributed by atoms with Gasteiger partial charge in [-0.1, -0.05) is 25.1 Å². The van der Waals surface area contributed by atoms with Crippen molar-refractivity contribution in [2.75, 3.05) is 26.2 Å². The number of amides is 2. The Balaban J connectivity index is 1.75. The Morgan fingerprint density at radius 1 is 1.23 bits per heavy atom. The number of hydrogen-bond acceptors (Lipinski definition) is 2. The zero-order valence-corrected chi connectivity index (χ0v) is 12.8. The molecule has 2 aromatic rings. The maximum atomic E-state index is 12.7. The van der Waals surface area contributed by atoms with Crippen molar-refractivity contribution < 1.29 is 9.59 Å². The summed E-state index contributed by atoms with van der Waals surface area (Å²) in [4.78, 5) is 31.5. The topological polar surface area (TPSA) is 56.4 Å². The van der Waals surface area contributed by atoms with E-state index in [9.17, 15) is 9.59 Å². The van der Waals surface area contributed by atoms with E-state index in [0.29, 0.717) is 31.7 Å². The van der Waals surface area contributed by atoms with Gasteiger partial charge < -0.3 is 14.8 Å². The fraction of sp³-hybridized carbons (Fsp3) is 0.412. The number of rotatable bonds is 3. The summed E-state index contributed by atoms with van der Waals surface area (Å²) in [7, 11) is 0. The summed E-state index contributed by atoms with van der Waals surface area (Å²) in [6, 6.07) is 9.73. The predicted molar refractivity (Wildman–Crippen MR) is 85.7 cm³/mol. The largest absolute Gasteiger partial charge is 0.351 e. The maximum Gasteiger partial charge on any atom is 0.270 e. The van der Waals surface area contributed by atoms with E-state index in [1.165, 1.54) is 0 Å². The van der Waals surface area contributed by atoms with Crippen LogP contribution in [-0.4, -0.2) is 52.8 Å². The summed E-state index contributed by atoms with van der Waals surface area (Å²) in [6.07, 6.45) is 1.35. The third-order valence-corrected chi connectivity index (χ3v) is 4.13. The summed E-state index contributed by atoms with van der Waals surface area (Å²) in [5, 5.41) is 1.03. The molecule has 2 amide bonds. The minimum Gasteiger partial charge on any atom is -0.351 e. The van der Waals surface area contributed by atoms with Crippen molar-refractivity contribution in [2.45, 2.75) is 19.8 Å². The molecule has 5 nitrogen and oxygen atoms in total. The van der Waals surface area contributed by atoms with Crippen molar-refractivity contribution in [3.63, 3.8) is 0 Å². The fourth-order valence-corrected chi connectivity index (χ4v) is 2.94. The van der Waals surface area contributed by atoms with Crippen molar-refractivity contribution in [1.82, 2.24) is 14.8 Å². The first-order chi connectivity index (χ1) is 10.7. The molecule has 3 rings (SSSR count). The van der Waals surface area contributed by atoms with E-state index in [1.807, 2.05) is 35.2 Å². The van der Waals surface area contributed by atoms with Gasteiger partial charge in [-0.05, 0) is 18.6 Å². The lowest BCUT2D eigenvalue weighted by Crippen LogP contribution is -2.36. The first kappa shape index (κ1) is 14.6. The molecule has 1 aromatic carbocycles. The van der Waals surface area contributed by atoms with Gasteiger partial charge >= 0.3 is 0 Å². The van der Waals surface area contributed by atoms with E-state index in [2.05, 4.69) is 11.9 Å². The van der Waals surface area contributed by atoms with E-state index in [-0.39, 0.29) is 11.8 Å². The van der Waals surface area contributed by atoms with Gasteiger partial charge in [-0.25, -0.2) is 0 Å². The van der Waals surface area contributed by atoms with Crippen molar-refractivity contribution in [2.24, 2.45) is 0 Å².